The highest BCUT2D eigenvalue weighted by atomic mass is 35.5. The van der Waals surface area contributed by atoms with E-state index in [1.807, 2.05) is 61.5 Å². The number of hydrogen-bond donors (Lipinski definition) is 2. The smallest absolute Gasteiger partial charge is 0.260 e. The minimum Gasteiger partial charge on any atom is -0.481 e. The van der Waals surface area contributed by atoms with Crippen molar-refractivity contribution in [3.8, 4) is 11.1 Å². The number of aromatic nitrogens is 1. The topological polar surface area (TPSA) is 103 Å². The van der Waals surface area contributed by atoms with Gasteiger partial charge in [-0.3, -0.25) is 9.36 Å². The lowest BCUT2D eigenvalue weighted by Gasteiger charge is -2.25. The fourth-order valence-electron chi connectivity index (χ4n) is 5.98. The number of halogens is 1. The Bertz CT molecular complexity index is 1850. The van der Waals surface area contributed by atoms with Crippen LogP contribution in [0.15, 0.2) is 80.8 Å². The van der Waals surface area contributed by atoms with E-state index < -0.39 is 0 Å². The first-order chi connectivity index (χ1) is 21.9. The summed E-state index contributed by atoms with van der Waals surface area (Å²) >= 11 is 6.94. The van der Waals surface area contributed by atoms with Crippen molar-refractivity contribution in [2.24, 2.45) is 15.7 Å². The van der Waals surface area contributed by atoms with Gasteiger partial charge in [-0.05, 0) is 54.5 Å². The summed E-state index contributed by atoms with van der Waals surface area (Å²) in [5, 5.41) is 5.10. The number of rotatable bonds is 8. The predicted molar refractivity (Wildman–Crippen MR) is 180 cm³/mol. The maximum atomic E-state index is 14.5. The average molecular weight is 626 g/mol. The average Bonchev–Trinajstić information content (AvgIpc) is 3.38. The fourth-order valence-corrected chi connectivity index (χ4v) is 6.26. The zero-order valence-electron chi connectivity index (χ0n) is 25.9. The summed E-state index contributed by atoms with van der Waals surface area (Å²) in [6, 6.07) is 16.1. The second-order valence-corrected chi connectivity index (χ2v) is 12.1. The largest absolute Gasteiger partial charge is 0.481 e. The van der Waals surface area contributed by atoms with E-state index in [0.29, 0.717) is 47.2 Å². The van der Waals surface area contributed by atoms with Gasteiger partial charge in [0.15, 0.2) is 5.90 Å². The van der Waals surface area contributed by atoms with E-state index in [4.69, 9.17) is 31.8 Å². The first-order valence-corrected chi connectivity index (χ1v) is 16.2. The molecular formula is C36H40ClN5O3. The molecule has 4 heterocycles. The third-order valence-corrected chi connectivity index (χ3v) is 8.91. The third kappa shape index (κ3) is 6.98. The lowest BCUT2D eigenvalue weighted by molar-refractivity contribution is 0.0802. The van der Waals surface area contributed by atoms with E-state index in [9.17, 15) is 4.79 Å². The molecule has 1 saturated heterocycles. The standard InChI is InChI=1S/C36H40ClN5O3/c1-3-26-10-11-28-19-31(30-13-12-27(20-32(30)37)33-5-4-16-45-23(2)39-33)36(43)42(22-25-8-6-24(21-38)7-9-25)35(28)41-34(26)40-29-14-17-44-18-15-29/h5-9,11-13,19-20,29,40H,3-4,10,14-18,21-22,38H2,1-2H3. The summed E-state index contributed by atoms with van der Waals surface area (Å²) in [7, 11) is 0. The van der Waals surface area contributed by atoms with Gasteiger partial charge >= 0.3 is 0 Å². The van der Waals surface area contributed by atoms with Gasteiger partial charge in [-0.2, -0.15) is 0 Å². The molecule has 6 rings (SSSR count). The minimum atomic E-state index is -0.148. The van der Waals surface area contributed by atoms with E-state index in [-0.39, 0.29) is 11.6 Å². The van der Waals surface area contributed by atoms with Gasteiger partial charge in [0.1, 0.15) is 11.3 Å². The number of aliphatic imine (C=N–C) groups is 1. The molecular weight excluding hydrogens is 586 g/mol. The number of nitrogens with one attached hydrogen (secondary N) is 1. The number of nitrogens with zero attached hydrogens (tertiary/aromatic N) is 3. The third-order valence-electron chi connectivity index (χ3n) is 8.60. The molecule has 1 aromatic heterocycles. The Labute approximate surface area is 268 Å². The normalized spacial score (nSPS) is 17.2. The van der Waals surface area contributed by atoms with Crippen LogP contribution in [0, 0.1) is 0 Å². The van der Waals surface area contributed by atoms with Crippen molar-refractivity contribution >= 4 is 29.3 Å². The Morgan fingerprint density at radius 3 is 2.51 bits per heavy atom. The molecule has 0 radical (unpaired) electrons. The molecule has 0 atom stereocenters. The zero-order valence-corrected chi connectivity index (χ0v) is 26.7. The first-order valence-electron chi connectivity index (χ1n) is 15.8. The van der Waals surface area contributed by atoms with E-state index >= 15 is 0 Å². The van der Waals surface area contributed by atoms with E-state index in [2.05, 4.69) is 23.3 Å². The number of hydrogen-bond acceptors (Lipinski definition) is 7. The molecule has 0 spiro atoms. The number of fused-ring (bicyclic) bond motifs is 1. The molecule has 3 aromatic rings. The summed E-state index contributed by atoms with van der Waals surface area (Å²) in [6.45, 7) is 6.89. The van der Waals surface area contributed by atoms with Gasteiger partial charge in [-0.1, -0.05) is 67.1 Å². The van der Waals surface area contributed by atoms with Crippen LogP contribution in [-0.4, -0.2) is 36.3 Å². The Balaban J connectivity index is 1.49. The van der Waals surface area contributed by atoms with Crippen LogP contribution in [0.2, 0.25) is 5.02 Å². The van der Waals surface area contributed by atoms with Crippen LogP contribution in [0.25, 0.3) is 22.9 Å². The van der Waals surface area contributed by atoms with E-state index in [0.717, 1.165) is 78.7 Å². The Kier molecular flexibility index (Phi) is 9.64. The second kappa shape index (κ2) is 14.0. The number of ether oxygens (including phenoxy) is 2. The van der Waals surface area contributed by atoms with Crippen molar-refractivity contribution in [3.63, 3.8) is 0 Å². The van der Waals surface area contributed by atoms with Gasteiger partial charge in [0.2, 0.25) is 0 Å². The van der Waals surface area contributed by atoms with Crippen LogP contribution >= 0.6 is 11.6 Å². The molecule has 0 unspecified atom stereocenters. The summed E-state index contributed by atoms with van der Waals surface area (Å²) in [4.78, 5) is 24.3. The molecule has 0 saturated carbocycles. The number of allylic oxidation sites excluding steroid dienone is 1. The van der Waals surface area contributed by atoms with Crippen LogP contribution in [0.5, 0.6) is 0 Å². The Morgan fingerprint density at radius 2 is 1.78 bits per heavy atom. The first kappa shape index (κ1) is 31.0. The van der Waals surface area contributed by atoms with Gasteiger partial charge in [0.25, 0.3) is 5.56 Å². The molecule has 0 amide bonds. The molecule has 2 aromatic carbocycles. The van der Waals surface area contributed by atoms with Gasteiger partial charge < -0.3 is 20.5 Å². The molecule has 9 heteroatoms. The predicted octanol–water partition coefficient (Wildman–Crippen LogP) is 5.05. The van der Waals surface area contributed by atoms with Gasteiger partial charge in [-0.25, -0.2) is 9.98 Å². The number of nitrogens with two attached hydrogens (primary N) is 1. The van der Waals surface area contributed by atoms with Crippen molar-refractivity contribution in [1.29, 1.82) is 0 Å². The maximum absolute atomic E-state index is 14.5. The Hall–Kier alpha value is -3.98. The zero-order chi connectivity index (χ0) is 31.3. The maximum Gasteiger partial charge on any atom is 0.260 e. The van der Waals surface area contributed by atoms with E-state index in [1.165, 1.54) is 5.57 Å². The van der Waals surface area contributed by atoms with E-state index in [1.54, 1.807) is 4.57 Å². The van der Waals surface area contributed by atoms with Gasteiger partial charge in [0, 0.05) is 66.1 Å². The van der Waals surface area contributed by atoms with Crippen LogP contribution in [0.4, 0.5) is 0 Å². The summed E-state index contributed by atoms with van der Waals surface area (Å²) in [6.07, 6.45) is 8.44. The van der Waals surface area contributed by atoms with Gasteiger partial charge in [-0.15, -0.1) is 0 Å². The van der Waals surface area contributed by atoms with Crippen LogP contribution < -0.4 is 27.3 Å². The minimum absolute atomic E-state index is 0.148. The fraction of sp³-hybridized carbons (Fsp3) is 0.361. The van der Waals surface area contributed by atoms with Crippen molar-refractivity contribution in [3.05, 3.63) is 109 Å². The van der Waals surface area contributed by atoms with Crippen molar-refractivity contribution < 1.29 is 9.47 Å². The number of pyridine rings is 1. The summed E-state index contributed by atoms with van der Waals surface area (Å²) in [5.41, 5.74) is 12.5. The molecule has 3 aliphatic rings. The Morgan fingerprint density at radius 1 is 1.00 bits per heavy atom. The molecule has 1 fully saturated rings. The van der Waals surface area contributed by atoms with Crippen molar-refractivity contribution in [2.45, 2.75) is 65.1 Å². The van der Waals surface area contributed by atoms with Crippen molar-refractivity contribution in [2.75, 3.05) is 19.8 Å². The van der Waals surface area contributed by atoms with Crippen LogP contribution in [0.1, 0.15) is 62.6 Å². The second-order valence-electron chi connectivity index (χ2n) is 11.7. The molecule has 45 heavy (non-hydrogen) atoms. The lowest BCUT2D eigenvalue weighted by atomic mass is 10.0. The highest BCUT2D eigenvalue weighted by Crippen LogP contribution is 2.30. The summed E-state index contributed by atoms with van der Waals surface area (Å²) in [5.74, 6) is 1.48. The van der Waals surface area contributed by atoms with Crippen LogP contribution in [0.3, 0.4) is 0 Å². The van der Waals surface area contributed by atoms with Crippen LogP contribution in [-0.2, 0) is 22.6 Å². The highest BCUT2D eigenvalue weighted by molar-refractivity contribution is 6.33. The molecule has 8 nitrogen and oxygen atoms in total. The highest BCUT2D eigenvalue weighted by Gasteiger charge is 2.20. The van der Waals surface area contributed by atoms with Gasteiger partial charge in [0.05, 0.1) is 18.8 Å². The summed E-state index contributed by atoms with van der Waals surface area (Å²) < 4.78 is 13.0. The molecule has 234 valence electrons. The molecule has 0 aliphatic carbocycles. The molecule has 3 aliphatic heterocycles. The van der Waals surface area contributed by atoms with Crippen molar-refractivity contribution in [1.82, 2.24) is 9.88 Å². The monoisotopic (exact) mass is 625 g/mol. The molecule has 3 N–H and O–H groups in total. The number of benzene rings is 2. The quantitative estimate of drug-likeness (QED) is 0.365. The lowest BCUT2D eigenvalue weighted by Crippen LogP contribution is -2.45. The SMILES string of the molecule is CCC1=C(NC2CCOCC2)N=c2c(cc(-c3ccc(C4=CCCOC(C)=N4)cc3Cl)c(=O)n2Cc2ccc(CN)cc2)=CC1. The molecule has 0 bridgehead atoms.